The van der Waals surface area contributed by atoms with Gasteiger partial charge in [0.15, 0.2) is 0 Å². The van der Waals surface area contributed by atoms with Gasteiger partial charge in [0, 0.05) is 31.7 Å². The zero-order chi connectivity index (χ0) is 13.4. The molecule has 0 saturated carbocycles. The monoisotopic (exact) mass is 255 g/mol. The summed E-state index contributed by atoms with van der Waals surface area (Å²) in [5, 5.41) is 3.56. The highest BCUT2D eigenvalue weighted by Crippen LogP contribution is 2.04. The lowest BCUT2D eigenvalue weighted by atomic mass is 10.1. The highest BCUT2D eigenvalue weighted by atomic mass is 15.3. The van der Waals surface area contributed by atoms with Gasteiger partial charge in [0.25, 0.3) is 0 Å². The third-order valence-corrected chi connectivity index (χ3v) is 3.56. The van der Waals surface area contributed by atoms with E-state index in [2.05, 4.69) is 42.8 Å². The number of nitrogens with zero attached hydrogens (tertiary/aromatic N) is 2. The van der Waals surface area contributed by atoms with Gasteiger partial charge in [0.05, 0.1) is 0 Å². The van der Waals surface area contributed by atoms with Crippen LogP contribution < -0.4 is 5.32 Å². The molecule has 0 aromatic carbocycles. The van der Waals surface area contributed by atoms with Crippen LogP contribution in [0.4, 0.5) is 0 Å². The quantitative estimate of drug-likeness (QED) is 0.704. The second-order valence-corrected chi connectivity index (χ2v) is 6.57. The largest absolute Gasteiger partial charge is 0.312 e. The van der Waals surface area contributed by atoms with E-state index in [-0.39, 0.29) is 5.54 Å². The molecule has 0 aliphatic carbocycles. The molecule has 18 heavy (non-hydrogen) atoms. The van der Waals surface area contributed by atoms with Crippen molar-refractivity contribution in [1.82, 2.24) is 15.1 Å². The van der Waals surface area contributed by atoms with Crippen LogP contribution in [0.25, 0.3) is 0 Å². The van der Waals surface area contributed by atoms with E-state index in [0.29, 0.717) is 0 Å². The third-order valence-electron chi connectivity index (χ3n) is 3.56. The van der Waals surface area contributed by atoms with Crippen molar-refractivity contribution >= 4 is 0 Å². The van der Waals surface area contributed by atoms with E-state index < -0.39 is 0 Å². The Morgan fingerprint density at radius 2 is 1.44 bits per heavy atom. The van der Waals surface area contributed by atoms with Crippen molar-refractivity contribution < 1.29 is 0 Å². The molecule has 108 valence electrons. The fourth-order valence-electron chi connectivity index (χ4n) is 2.48. The summed E-state index contributed by atoms with van der Waals surface area (Å²) in [6.45, 7) is 17.8. The number of hydrogen-bond donors (Lipinski definition) is 1. The molecule has 1 fully saturated rings. The van der Waals surface area contributed by atoms with Crippen LogP contribution in [0.15, 0.2) is 0 Å². The lowest BCUT2D eigenvalue weighted by Crippen LogP contribution is -2.46. The zero-order valence-electron chi connectivity index (χ0n) is 13.0. The maximum absolute atomic E-state index is 3.56. The lowest BCUT2D eigenvalue weighted by Gasteiger charge is -2.34. The summed E-state index contributed by atoms with van der Waals surface area (Å²) < 4.78 is 0. The van der Waals surface area contributed by atoms with Gasteiger partial charge in [-0.05, 0) is 59.7 Å². The van der Waals surface area contributed by atoms with Gasteiger partial charge >= 0.3 is 0 Å². The smallest absolute Gasteiger partial charge is 0.0110 e. The van der Waals surface area contributed by atoms with Crippen molar-refractivity contribution in [1.29, 1.82) is 0 Å². The SMILES string of the molecule is CCCN1CCN(CCCCNC(C)(C)C)CC1. The average molecular weight is 255 g/mol. The Morgan fingerprint density at radius 1 is 0.889 bits per heavy atom. The molecule has 0 amide bonds. The van der Waals surface area contributed by atoms with Crippen molar-refractivity contribution in [3.63, 3.8) is 0 Å². The molecule has 1 saturated heterocycles. The molecule has 3 nitrogen and oxygen atoms in total. The van der Waals surface area contributed by atoms with Crippen molar-refractivity contribution in [2.75, 3.05) is 45.8 Å². The molecule has 0 aromatic rings. The van der Waals surface area contributed by atoms with Gasteiger partial charge in [-0.2, -0.15) is 0 Å². The van der Waals surface area contributed by atoms with Crippen LogP contribution >= 0.6 is 0 Å². The Morgan fingerprint density at radius 3 is 1.94 bits per heavy atom. The minimum absolute atomic E-state index is 0.270. The Hall–Kier alpha value is -0.120. The Labute approximate surface area is 114 Å². The molecule has 1 aliphatic rings. The van der Waals surface area contributed by atoms with Gasteiger partial charge in [-0.3, -0.25) is 0 Å². The van der Waals surface area contributed by atoms with Gasteiger partial charge in [-0.15, -0.1) is 0 Å². The van der Waals surface area contributed by atoms with Gasteiger partial charge in [0.2, 0.25) is 0 Å². The second-order valence-electron chi connectivity index (χ2n) is 6.57. The van der Waals surface area contributed by atoms with Crippen LogP contribution in [0.3, 0.4) is 0 Å². The number of piperazine rings is 1. The standard InChI is InChI=1S/C15H33N3/c1-5-9-17-11-13-18(14-12-17)10-7-6-8-16-15(2,3)4/h16H,5-14H2,1-4H3. The molecule has 0 radical (unpaired) electrons. The molecule has 1 rings (SSSR count). The van der Waals surface area contributed by atoms with E-state index in [1.807, 2.05) is 0 Å². The molecule has 1 N–H and O–H groups in total. The second kappa shape index (κ2) is 8.13. The lowest BCUT2D eigenvalue weighted by molar-refractivity contribution is 0.131. The fourth-order valence-corrected chi connectivity index (χ4v) is 2.48. The van der Waals surface area contributed by atoms with Gasteiger partial charge < -0.3 is 15.1 Å². The third kappa shape index (κ3) is 7.34. The summed E-state index contributed by atoms with van der Waals surface area (Å²) in [7, 11) is 0. The first-order valence-electron chi connectivity index (χ1n) is 7.71. The van der Waals surface area contributed by atoms with Gasteiger partial charge in [-0.25, -0.2) is 0 Å². The predicted molar refractivity (Wildman–Crippen MR) is 80.2 cm³/mol. The van der Waals surface area contributed by atoms with Crippen molar-refractivity contribution in [3.05, 3.63) is 0 Å². The molecular formula is C15H33N3. The highest BCUT2D eigenvalue weighted by Gasteiger charge is 2.15. The Bertz CT molecular complexity index is 202. The molecule has 0 unspecified atom stereocenters. The van der Waals surface area contributed by atoms with E-state index in [1.165, 1.54) is 58.5 Å². The summed E-state index contributed by atoms with van der Waals surface area (Å²) in [4.78, 5) is 5.22. The molecule has 0 aromatic heterocycles. The summed E-state index contributed by atoms with van der Waals surface area (Å²) in [5.41, 5.74) is 0.270. The molecule has 1 aliphatic heterocycles. The van der Waals surface area contributed by atoms with Crippen LogP contribution in [0.1, 0.15) is 47.0 Å². The van der Waals surface area contributed by atoms with E-state index in [9.17, 15) is 0 Å². The number of nitrogens with one attached hydrogen (secondary N) is 1. The van der Waals surface area contributed by atoms with Crippen LogP contribution in [0.2, 0.25) is 0 Å². The molecule has 3 heteroatoms. The summed E-state index contributed by atoms with van der Waals surface area (Å²) in [6, 6.07) is 0. The minimum atomic E-state index is 0.270. The van der Waals surface area contributed by atoms with Gasteiger partial charge in [0.1, 0.15) is 0 Å². The Kier molecular flexibility index (Phi) is 7.20. The molecule has 0 spiro atoms. The number of rotatable bonds is 7. The average Bonchev–Trinajstić information content (AvgIpc) is 2.30. The molecular weight excluding hydrogens is 222 g/mol. The number of unbranched alkanes of at least 4 members (excludes halogenated alkanes) is 1. The van der Waals surface area contributed by atoms with E-state index >= 15 is 0 Å². The van der Waals surface area contributed by atoms with Crippen molar-refractivity contribution in [2.45, 2.75) is 52.5 Å². The van der Waals surface area contributed by atoms with Crippen LogP contribution in [-0.2, 0) is 0 Å². The molecule has 1 heterocycles. The van der Waals surface area contributed by atoms with E-state index in [0.717, 1.165) is 6.54 Å². The highest BCUT2D eigenvalue weighted by molar-refractivity contribution is 4.72. The molecule has 0 atom stereocenters. The van der Waals surface area contributed by atoms with Crippen LogP contribution in [0.5, 0.6) is 0 Å². The first-order chi connectivity index (χ1) is 8.51. The predicted octanol–water partition coefficient (Wildman–Crippen LogP) is 2.18. The van der Waals surface area contributed by atoms with E-state index in [4.69, 9.17) is 0 Å². The summed E-state index contributed by atoms with van der Waals surface area (Å²) in [5.74, 6) is 0. The summed E-state index contributed by atoms with van der Waals surface area (Å²) in [6.07, 6.45) is 3.92. The summed E-state index contributed by atoms with van der Waals surface area (Å²) >= 11 is 0. The first-order valence-corrected chi connectivity index (χ1v) is 7.71. The van der Waals surface area contributed by atoms with E-state index in [1.54, 1.807) is 0 Å². The normalized spacial score (nSPS) is 19.3. The van der Waals surface area contributed by atoms with Gasteiger partial charge in [-0.1, -0.05) is 6.92 Å². The fraction of sp³-hybridized carbons (Fsp3) is 1.00. The van der Waals surface area contributed by atoms with Crippen LogP contribution in [-0.4, -0.2) is 61.2 Å². The van der Waals surface area contributed by atoms with Crippen molar-refractivity contribution in [2.24, 2.45) is 0 Å². The molecule has 0 bridgehead atoms. The maximum Gasteiger partial charge on any atom is 0.0110 e. The minimum Gasteiger partial charge on any atom is -0.312 e. The maximum atomic E-state index is 3.56. The first kappa shape index (κ1) is 15.9. The number of hydrogen-bond acceptors (Lipinski definition) is 3. The topological polar surface area (TPSA) is 18.5 Å². The zero-order valence-corrected chi connectivity index (χ0v) is 13.0. The van der Waals surface area contributed by atoms with Crippen LogP contribution in [0, 0.1) is 0 Å². The van der Waals surface area contributed by atoms with Crippen molar-refractivity contribution in [3.8, 4) is 0 Å². The Balaban J connectivity index is 1.98.